The van der Waals surface area contributed by atoms with Gasteiger partial charge in [0, 0.05) is 13.1 Å². The summed E-state index contributed by atoms with van der Waals surface area (Å²) in [7, 11) is -1.42. The van der Waals surface area contributed by atoms with Gasteiger partial charge in [-0.05, 0) is 13.3 Å². The van der Waals surface area contributed by atoms with Crippen molar-refractivity contribution in [3.8, 4) is 0 Å². The van der Waals surface area contributed by atoms with Crippen LogP contribution < -0.4 is 0 Å². The van der Waals surface area contributed by atoms with Gasteiger partial charge in [0.1, 0.15) is 12.2 Å². The van der Waals surface area contributed by atoms with Crippen LogP contribution in [0.5, 0.6) is 0 Å². The highest BCUT2D eigenvalue weighted by atomic mass is 32.2. The molecule has 0 spiro atoms. The van der Waals surface area contributed by atoms with Crippen molar-refractivity contribution in [3.05, 3.63) is 11.9 Å². The number of carbonyl (C=O) groups is 1. The third-order valence-electron chi connectivity index (χ3n) is 3.43. The number of hydrogen-bond acceptors (Lipinski definition) is 6. The Morgan fingerprint density at radius 1 is 1.65 bits per heavy atom. The first-order chi connectivity index (χ1) is 9.28. The third-order valence-corrected chi connectivity index (χ3v) is 5.18. The molecule has 1 aliphatic heterocycles. The van der Waals surface area contributed by atoms with Gasteiger partial charge in [-0.15, -0.1) is 5.10 Å². The first-order valence-electron chi connectivity index (χ1n) is 6.32. The molecular formula is C11H18N4O4S. The van der Waals surface area contributed by atoms with E-state index in [4.69, 9.17) is 0 Å². The number of aromatic nitrogens is 3. The molecular weight excluding hydrogens is 284 g/mol. The maximum absolute atomic E-state index is 12.1. The molecule has 2 atom stereocenters. The topological polar surface area (TPSA) is 105 Å². The van der Waals surface area contributed by atoms with E-state index in [1.165, 1.54) is 15.8 Å². The van der Waals surface area contributed by atoms with E-state index >= 15 is 0 Å². The smallest absolute Gasteiger partial charge is 0.244 e. The molecule has 0 saturated carbocycles. The lowest BCUT2D eigenvalue weighted by molar-refractivity contribution is -0.132. The molecule has 1 aromatic rings. The van der Waals surface area contributed by atoms with Crippen molar-refractivity contribution in [2.75, 3.05) is 18.6 Å². The summed E-state index contributed by atoms with van der Waals surface area (Å²) in [5.41, 5.74) is 0.392. The number of aliphatic hydroxyl groups excluding tert-OH is 1. The number of rotatable bonds is 4. The van der Waals surface area contributed by atoms with E-state index in [2.05, 4.69) is 10.3 Å². The van der Waals surface area contributed by atoms with E-state index in [-0.39, 0.29) is 30.0 Å². The van der Waals surface area contributed by atoms with Crippen molar-refractivity contribution < 1.29 is 18.3 Å². The normalized spacial score (nSPS) is 22.6. The highest BCUT2D eigenvalue weighted by molar-refractivity contribution is 7.91. The molecule has 1 saturated heterocycles. The summed E-state index contributed by atoms with van der Waals surface area (Å²) in [5.74, 6) is -0.0785. The first kappa shape index (κ1) is 14.9. The maximum atomic E-state index is 12.1. The number of likely N-dealkylation sites (N-methyl/N-ethyl adjacent to an activating group) is 1. The zero-order valence-corrected chi connectivity index (χ0v) is 12.2. The molecule has 8 nitrogen and oxygen atoms in total. The number of nitrogens with zero attached hydrogens (tertiary/aromatic N) is 4. The lowest BCUT2D eigenvalue weighted by Gasteiger charge is -2.23. The molecule has 0 aliphatic carbocycles. The summed E-state index contributed by atoms with van der Waals surface area (Å²) >= 11 is 0. The zero-order chi connectivity index (χ0) is 14.9. The molecule has 1 N–H and O–H groups in total. The minimum atomic E-state index is -3.02. The van der Waals surface area contributed by atoms with Crippen LogP contribution in [0.4, 0.5) is 0 Å². The SMILES string of the molecule is CC(O)c1cn(CC(=O)N(C)C2CCS(=O)(=O)C2)nn1. The molecule has 112 valence electrons. The summed E-state index contributed by atoms with van der Waals surface area (Å²) in [6.07, 6.45) is 1.24. The van der Waals surface area contributed by atoms with Crippen molar-refractivity contribution in [2.45, 2.75) is 32.0 Å². The summed E-state index contributed by atoms with van der Waals surface area (Å²) in [6, 6.07) is -0.271. The molecule has 2 unspecified atom stereocenters. The van der Waals surface area contributed by atoms with Crippen LogP contribution in [0.25, 0.3) is 0 Å². The van der Waals surface area contributed by atoms with E-state index in [0.29, 0.717) is 12.1 Å². The van der Waals surface area contributed by atoms with Gasteiger partial charge in [0.25, 0.3) is 0 Å². The number of aliphatic hydroxyl groups is 1. The van der Waals surface area contributed by atoms with Crippen LogP contribution in [-0.4, -0.2) is 63.9 Å². The Morgan fingerprint density at radius 2 is 2.35 bits per heavy atom. The molecule has 2 heterocycles. The van der Waals surface area contributed by atoms with Gasteiger partial charge in [0.05, 0.1) is 23.8 Å². The van der Waals surface area contributed by atoms with Crippen LogP contribution >= 0.6 is 0 Å². The highest BCUT2D eigenvalue weighted by Crippen LogP contribution is 2.17. The van der Waals surface area contributed by atoms with Crippen molar-refractivity contribution >= 4 is 15.7 Å². The fourth-order valence-corrected chi connectivity index (χ4v) is 3.89. The largest absolute Gasteiger partial charge is 0.387 e. The van der Waals surface area contributed by atoms with Crippen molar-refractivity contribution in [3.63, 3.8) is 0 Å². The van der Waals surface area contributed by atoms with Gasteiger partial charge in [-0.1, -0.05) is 5.21 Å². The Balaban J connectivity index is 1.97. The third kappa shape index (κ3) is 3.34. The predicted octanol–water partition coefficient (Wildman–Crippen LogP) is -1.02. The Bertz CT molecular complexity index is 595. The van der Waals surface area contributed by atoms with Crippen LogP contribution in [0.1, 0.15) is 25.1 Å². The lowest BCUT2D eigenvalue weighted by atomic mass is 10.2. The molecule has 9 heteroatoms. The van der Waals surface area contributed by atoms with E-state index in [0.717, 1.165) is 0 Å². The van der Waals surface area contributed by atoms with Crippen LogP contribution in [0.15, 0.2) is 6.20 Å². The van der Waals surface area contributed by atoms with Crippen LogP contribution in [0.3, 0.4) is 0 Å². The number of hydrogen-bond donors (Lipinski definition) is 1. The van der Waals surface area contributed by atoms with Gasteiger partial charge in [0.2, 0.25) is 5.91 Å². The van der Waals surface area contributed by atoms with Gasteiger partial charge in [-0.25, -0.2) is 13.1 Å². The predicted molar refractivity (Wildman–Crippen MR) is 70.5 cm³/mol. The fraction of sp³-hybridized carbons (Fsp3) is 0.727. The standard InChI is InChI=1S/C11H18N4O4S/c1-8(16)10-5-15(13-12-10)6-11(17)14(2)9-3-4-20(18,19)7-9/h5,8-9,16H,3-4,6-7H2,1-2H3. The summed E-state index contributed by atoms with van der Waals surface area (Å²) in [4.78, 5) is 13.5. The highest BCUT2D eigenvalue weighted by Gasteiger charge is 2.32. The molecule has 1 aromatic heterocycles. The van der Waals surface area contributed by atoms with Gasteiger partial charge < -0.3 is 10.0 Å². The van der Waals surface area contributed by atoms with Crippen LogP contribution in [0.2, 0.25) is 0 Å². The maximum Gasteiger partial charge on any atom is 0.244 e. The minimum absolute atomic E-state index is 0.0194. The summed E-state index contributed by atoms with van der Waals surface area (Å²) in [6.45, 7) is 1.54. The molecule has 1 aliphatic rings. The molecule has 0 aromatic carbocycles. The molecule has 0 radical (unpaired) electrons. The van der Waals surface area contributed by atoms with Gasteiger partial charge in [0.15, 0.2) is 9.84 Å². The molecule has 0 bridgehead atoms. The molecule has 1 amide bonds. The van der Waals surface area contributed by atoms with Gasteiger partial charge in [-0.3, -0.25) is 4.79 Å². The number of sulfone groups is 1. The van der Waals surface area contributed by atoms with Crippen molar-refractivity contribution in [2.24, 2.45) is 0 Å². The second-order valence-corrected chi connectivity index (χ2v) is 7.31. The lowest BCUT2D eigenvalue weighted by Crippen LogP contribution is -2.39. The zero-order valence-electron chi connectivity index (χ0n) is 11.4. The van der Waals surface area contributed by atoms with E-state index in [1.807, 2.05) is 0 Å². The van der Waals surface area contributed by atoms with E-state index < -0.39 is 15.9 Å². The van der Waals surface area contributed by atoms with Gasteiger partial charge >= 0.3 is 0 Å². The van der Waals surface area contributed by atoms with Crippen molar-refractivity contribution in [1.29, 1.82) is 0 Å². The second kappa shape index (κ2) is 5.49. The Morgan fingerprint density at radius 3 is 2.85 bits per heavy atom. The Labute approximate surface area is 117 Å². The number of carbonyl (C=O) groups excluding carboxylic acids is 1. The Hall–Kier alpha value is -1.48. The van der Waals surface area contributed by atoms with Crippen molar-refractivity contribution in [1.82, 2.24) is 19.9 Å². The van der Waals surface area contributed by atoms with E-state index in [1.54, 1.807) is 14.0 Å². The average Bonchev–Trinajstić information content (AvgIpc) is 2.94. The molecule has 20 heavy (non-hydrogen) atoms. The molecule has 2 rings (SSSR count). The molecule has 1 fully saturated rings. The van der Waals surface area contributed by atoms with Crippen LogP contribution in [-0.2, 0) is 21.2 Å². The first-order valence-corrected chi connectivity index (χ1v) is 8.15. The quantitative estimate of drug-likeness (QED) is 0.763. The number of amides is 1. The summed E-state index contributed by atoms with van der Waals surface area (Å²) < 4.78 is 24.2. The monoisotopic (exact) mass is 302 g/mol. The van der Waals surface area contributed by atoms with Crippen LogP contribution in [0, 0.1) is 0 Å². The fourth-order valence-electron chi connectivity index (χ4n) is 2.12. The van der Waals surface area contributed by atoms with Gasteiger partial charge in [-0.2, -0.15) is 0 Å². The second-order valence-electron chi connectivity index (χ2n) is 5.08. The van der Waals surface area contributed by atoms with E-state index in [9.17, 15) is 18.3 Å². The summed E-state index contributed by atoms with van der Waals surface area (Å²) in [5, 5.41) is 16.8. The Kier molecular flexibility index (Phi) is 4.09. The average molecular weight is 302 g/mol. The minimum Gasteiger partial charge on any atom is -0.387 e.